The first-order valence-electron chi connectivity index (χ1n) is 12.2. The number of benzene rings is 2. The van der Waals surface area contributed by atoms with Crippen LogP contribution in [0.4, 0.5) is 0 Å². The molecule has 0 atom stereocenters. The van der Waals surface area contributed by atoms with E-state index in [0.717, 1.165) is 55.7 Å². The van der Waals surface area contributed by atoms with E-state index >= 15 is 0 Å². The van der Waals surface area contributed by atoms with E-state index in [1.54, 1.807) is 0 Å². The predicted octanol–water partition coefficient (Wildman–Crippen LogP) is 6.73. The van der Waals surface area contributed by atoms with E-state index in [-0.39, 0.29) is 6.61 Å². The molecule has 4 rings (SSSR count). The van der Waals surface area contributed by atoms with Gasteiger partial charge in [-0.1, -0.05) is 55.3 Å². The quantitative estimate of drug-likeness (QED) is 0.349. The van der Waals surface area contributed by atoms with Crippen LogP contribution in [0.2, 0.25) is 5.02 Å². The summed E-state index contributed by atoms with van der Waals surface area (Å²) in [5.74, 6) is 0.166. The van der Waals surface area contributed by atoms with Crippen LogP contribution in [0.5, 0.6) is 0 Å². The second-order valence-corrected chi connectivity index (χ2v) is 9.76. The van der Waals surface area contributed by atoms with Crippen molar-refractivity contribution in [2.45, 2.75) is 52.0 Å². The number of rotatable bonds is 10. The fourth-order valence-electron chi connectivity index (χ4n) is 4.96. The zero-order valence-electron chi connectivity index (χ0n) is 19.8. The number of hydrogen-bond donors (Lipinski definition) is 1. The lowest BCUT2D eigenvalue weighted by atomic mass is 9.82. The van der Waals surface area contributed by atoms with Crippen LogP contribution < -0.4 is 0 Å². The van der Waals surface area contributed by atoms with Gasteiger partial charge >= 0.3 is 5.97 Å². The third kappa shape index (κ3) is 6.28. The van der Waals surface area contributed by atoms with Crippen molar-refractivity contribution in [3.05, 3.63) is 65.4 Å². The number of hydrogen-bond acceptors (Lipinski definition) is 3. The Kier molecular flexibility index (Phi) is 8.41. The largest absolute Gasteiger partial charge is 0.480 e. The maximum absolute atomic E-state index is 10.6. The summed E-state index contributed by atoms with van der Waals surface area (Å²) in [5.41, 5.74) is 6.05. The van der Waals surface area contributed by atoms with E-state index in [0.29, 0.717) is 18.4 Å². The molecule has 3 aromatic rings. The Morgan fingerprint density at radius 1 is 1.06 bits per heavy atom. The molecule has 6 heteroatoms. The molecular weight excluding hydrogens is 448 g/mol. The minimum Gasteiger partial charge on any atom is -0.480 e. The minimum atomic E-state index is -0.898. The number of ether oxygens (including phenoxy) is 1. The monoisotopic (exact) mass is 480 g/mol. The van der Waals surface area contributed by atoms with Crippen molar-refractivity contribution in [3.8, 4) is 22.3 Å². The van der Waals surface area contributed by atoms with Gasteiger partial charge in [0.1, 0.15) is 6.61 Å². The molecule has 0 bridgehead atoms. The Balaban J connectivity index is 1.45. The molecule has 180 valence electrons. The number of aliphatic carboxylic acids is 1. The molecule has 1 saturated carbocycles. The Hall–Kier alpha value is -2.63. The molecule has 1 aliphatic carbocycles. The number of carbonyl (C=O) groups is 1. The zero-order chi connectivity index (χ0) is 23.9. The molecule has 2 aromatic carbocycles. The Morgan fingerprint density at radius 3 is 2.47 bits per heavy atom. The van der Waals surface area contributed by atoms with E-state index in [1.807, 2.05) is 18.3 Å². The van der Waals surface area contributed by atoms with Crippen molar-refractivity contribution in [1.29, 1.82) is 0 Å². The fraction of sp³-hybridized carbons (Fsp3) is 0.429. The average Bonchev–Trinajstić information content (AvgIpc) is 3.23. The summed E-state index contributed by atoms with van der Waals surface area (Å²) in [6.07, 6.45) is 8.54. The molecule has 1 aromatic heterocycles. The SMILES string of the molecule is CCCc1c(-c2cccc(-c3ccc(Cl)cc3)c2)cnn1CC1CCC(COCC(=O)O)CC1. The minimum absolute atomic E-state index is 0.199. The van der Waals surface area contributed by atoms with E-state index in [2.05, 4.69) is 48.0 Å². The van der Waals surface area contributed by atoms with Crippen molar-refractivity contribution >= 4 is 17.6 Å². The van der Waals surface area contributed by atoms with Crippen LogP contribution in [0.3, 0.4) is 0 Å². The smallest absolute Gasteiger partial charge is 0.329 e. The van der Waals surface area contributed by atoms with E-state index in [1.165, 1.54) is 22.4 Å². The van der Waals surface area contributed by atoms with Gasteiger partial charge in [-0.2, -0.15) is 5.10 Å². The van der Waals surface area contributed by atoms with Gasteiger partial charge in [-0.3, -0.25) is 4.68 Å². The normalized spacial score (nSPS) is 18.2. The molecule has 0 aliphatic heterocycles. The molecule has 1 heterocycles. The van der Waals surface area contributed by atoms with Crippen molar-refractivity contribution in [1.82, 2.24) is 9.78 Å². The van der Waals surface area contributed by atoms with Crippen LogP contribution in [-0.4, -0.2) is 34.1 Å². The lowest BCUT2D eigenvalue weighted by Gasteiger charge is -2.28. The molecule has 0 saturated heterocycles. The molecule has 1 fully saturated rings. The average molecular weight is 481 g/mol. The van der Waals surface area contributed by atoms with Crippen LogP contribution in [-0.2, 0) is 22.5 Å². The van der Waals surface area contributed by atoms with E-state index in [4.69, 9.17) is 26.5 Å². The van der Waals surface area contributed by atoms with Gasteiger partial charge < -0.3 is 9.84 Å². The van der Waals surface area contributed by atoms with Crippen molar-refractivity contribution in [2.75, 3.05) is 13.2 Å². The third-order valence-corrected chi connectivity index (χ3v) is 7.02. The molecule has 0 spiro atoms. The molecule has 0 amide bonds. The topological polar surface area (TPSA) is 64.4 Å². The van der Waals surface area contributed by atoms with Crippen molar-refractivity contribution in [3.63, 3.8) is 0 Å². The molecular formula is C28H33ClN2O3. The van der Waals surface area contributed by atoms with E-state index < -0.39 is 5.97 Å². The van der Waals surface area contributed by atoms with Gasteiger partial charge in [0.15, 0.2) is 0 Å². The lowest BCUT2D eigenvalue weighted by molar-refractivity contribution is -0.142. The first-order valence-corrected chi connectivity index (χ1v) is 12.6. The summed E-state index contributed by atoms with van der Waals surface area (Å²) in [4.78, 5) is 10.6. The van der Waals surface area contributed by atoms with Gasteiger partial charge in [-0.25, -0.2) is 4.79 Å². The molecule has 34 heavy (non-hydrogen) atoms. The highest BCUT2D eigenvalue weighted by Crippen LogP contribution is 2.33. The van der Waals surface area contributed by atoms with Gasteiger partial charge in [-0.05, 0) is 78.8 Å². The van der Waals surface area contributed by atoms with Crippen LogP contribution in [0.25, 0.3) is 22.3 Å². The van der Waals surface area contributed by atoms with Crippen LogP contribution in [0.1, 0.15) is 44.7 Å². The number of carboxylic acid groups (broad SMARTS) is 1. The number of carboxylic acids is 1. The van der Waals surface area contributed by atoms with E-state index in [9.17, 15) is 4.79 Å². The maximum Gasteiger partial charge on any atom is 0.329 e. The maximum atomic E-state index is 10.6. The molecule has 0 unspecified atom stereocenters. The number of halogens is 1. The molecule has 1 N–H and O–H groups in total. The van der Waals surface area contributed by atoms with Crippen molar-refractivity contribution < 1.29 is 14.6 Å². The molecule has 1 aliphatic rings. The summed E-state index contributed by atoms with van der Waals surface area (Å²) in [7, 11) is 0. The molecule has 5 nitrogen and oxygen atoms in total. The Morgan fingerprint density at radius 2 is 1.76 bits per heavy atom. The van der Waals surface area contributed by atoms with Crippen LogP contribution in [0, 0.1) is 11.8 Å². The Bertz CT molecular complexity index is 1090. The summed E-state index contributed by atoms with van der Waals surface area (Å²) in [5, 5.41) is 14.3. The number of nitrogens with zero attached hydrogens (tertiary/aromatic N) is 2. The van der Waals surface area contributed by atoms with Crippen molar-refractivity contribution in [2.24, 2.45) is 11.8 Å². The first-order chi connectivity index (χ1) is 16.5. The summed E-state index contributed by atoms with van der Waals surface area (Å²) < 4.78 is 7.54. The highest BCUT2D eigenvalue weighted by atomic mass is 35.5. The second kappa shape index (κ2) is 11.7. The van der Waals surface area contributed by atoms with Gasteiger partial charge in [0, 0.05) is 22.8 Å². The second-order valence-electron chi connectivity index (χ2n) is 9.32. The van der Waals surface area contributed by atoms with Gasteiger partial charge in [0.05, 0.1) is 12.8 Å². The predicted molar refractivity (Wildman–Crippen MR) is 136 cm³/mol. The standard InChI is InChI=1S/C28H33ClN2O3/c1-2-4-27-26(24-6-3-5-23(15-24)22-11-13-25(29)14-12-22)16-30-31(27)17-20-7-9-21(10-8-20)18-34-19-28(32)33/h3,5-6,11-16,20-21H,2,4,7-10,17-19H2,1H3,(H,32,33). The lowest BCUT2D eigenvalue weighted by Crippen LogP contribution is -2.23. The Labute approximate surface area is 206 Å². The van der Waals surface area contributed by atoms with Crippen LogP contribution >= 0.6 is 11.6 Å². The van der Waals surface area contributed by atoms with Gasteiger partial charge in [0.25, 0.3) is 0 Å². The first kappa shape index (κ1) is 24.5. The van der Waals surface area contributed by atoms with Gasteiger partial charge in [-0.15, -0.1) is 0 Å². The highest BCUT2D eigenvalue weighted by Gasteiger charge is 2.23. The van der Waals surface area contributed by atoms with Gasteiger partial charge in [0.2, 0.25) is 0 Å². The summed E-state index contributed by atoms with van der Waals surface area (Å²) >= 11 is 6.07. The number of aromatic nitrogens is 2. The molecule has 0 radical (unpaired) electrons. The fourth-order valence-corrected chi connectivity index (χ4v) is 5.08. The third-order valence-electron chi connectivity index (χ3n) is 6.76. The zero-order valence-corrected chi connectivity index (χ0v) is 20.5. The highest BCUT2D eigenvalue weighted by molar-refractivity contribution is 6.30. The summed E-state index contributed by atoms with van der Waals surface area (Å²) in [6, 6.07) is 16.6. The van der Waals surface area contributed by atoms with Crippen LogP contribution in [0.15, 0.2) is 54.7 Å². The summed E-state index contributed by atoms with van der Waals surface area (Å²) in [6.45, 7) is 3.51.